The quantitative estimate of drug-likeness (QED) is 0.397. The van der Waals surface area contributed by atoms with Gasteiger partial charge in [0.1, 0.15) is 5.75 Å². The Kier molecular flexibility index (Phi) is 7.86. The summed E-state index contributed by atoms with van der Waals surface area (Å²) in [6, 6.07) is 11.4. The molecule has 2 aliphatic carbocycles. The molecule has 0 radical (unpaired) electrons. The number of rotatable bonds is 1. The molecule has 2 aromatic carbocycles. The van der Waals surface area contributed by atoms with Gasteiger partial charge in [-0.15, -0.1) is 0 Å². The lowest BCUT2D eigenvalue weighted by Crippen LogP contribution is -2.53. The van der Waals surface area contributed by atoms with Gasteiger partial charge in [-0.2, -0.15) is 0 Å². The van der Waals surface area contributed by atoms with Crippen LogP contribution in [0.5, 0.6) is 5.75 Å². The molecule has 42 heavy (non-hydrogen) atoms. The molecule has 4 aliphatic rings. The van der Waals surface area contributed by atoms with E-state index in [-0.39, 0.29) is 22.3 Å². The monoisotopic (exact) mass is 612 g/mol. The third kappa shape index (κ3) is 5.24. The van der Waals surface area contributed by atoms with Gasteiger partial charge in [0.2, 0.25) is 10.0 Å². The third-order valence-corrected chi connectivity index (χ3v) is 12.6. The van der Waals surface area contributed by atoms with Crippen LogP contribution in [-0.2, 0) is 21.9 Å². The van der Waals surface area contributed by atoms with Crippen LogP contribution in [0, 0.1) is 11.3 Å². The summed E-state index contributed by atoms with van der Waals surface area (Å²) in [4.78, 5) is 15.7. The molecule has 2 N–H and O–H groups in total. The molecule has 2 heterocycles. The molecule has 1 spiro atoms. The molecule has 226 valence electrons. The number of nitrogens with zero attached hydrogens (tertiary/aromatic N) is 1. The minimum atomic E-state index is -3.89. The van der Waals surface area contributed by atoms with Gasteiger partial charge in [-0.05, 0) is 98.7 Å². The van der Waals surface area contributed by atoms with Crippen molar-refractivity contribution in [1.29, 1.82) is 0 Å². The second kappa shape index (κ2) is 11.2. The van der Waals surface area contributed by atoms with Gasteiger partial charge < -0.3 is 14.7 Å². The van der Waals surface area contributed by atoms with Crippen LogP contribution in [-0.4, -0.2) is 50.5 Å². The maximum atomic E-state index is 13.4. The first kappa shape index (κ1) is 29.5. The molecule has 2 aliphatic heterocycles. The van der Waals surface area contributed by atoms with E-state index in [0.717, 1.165) is 42.8 Å². The smallest absolute Gasteiger partial charge is 0.264 e. The molecule has 1 fully saturated rings. The number of hydrogen-bond donors (Lipinski definition) is 2. The van der Waals surface area contributed by atoms with Gasteiger partial charge >= 0.3 is 0 Å². The Morgan fingerprint density at radius 2 is 2.00 bits per heavy atom. The molecule has 2 bridgehead atoms. The van der Waals surface area contributed by atoms with E-state index in [4.69, 9.17) is 16.3 Å². The Hall–Kier alpha value is -2.55. The first-order valence-corrected chi connectivity index (χ1v) is 17.2. The summed E-state index contributed by atoms with van der Waals surface area (Å²) in [5, 5.41) is 11.4. The first-order valence-electron chi connectivity index (χ1n) is 15.3. The zero-order chi connectivity index (χ0) is 29.7. The number of ether oxygens (including phenoxy) is 1. The Morgan fingerprint density at radius 3 is 2.76 bits per heavy atom. The van der Waals surface area contributed by atoms with Gasteiger partial charge in [-0.25, -0.2) is 13.1 Å². The van der Waals surface area contributed by atoms with Gasteiger partial charge in [-0.3, -0.25) is 4.79 Å². The predicted octanol–water partition coefficient (Wildman–Crippen LogP) is 5.78. The molecule has 2 aromatic rings. The molecule has 1 saturated carbocycles. The predicted molar refractivity (Wildman–Crippen MR) is 166 cm³/mol. The van der Waals surface area contributed by atoms with Crippen molar-refractivity contribution < 1.29 is 23.1 Å². The Bertz CT molecular complexity index is 1510. The largest absolute Gasteiger partial charge is 0.490 e. The van der Waals surface area contributed by atoms with Crippen molar-refractivity contribution >= 4 is 33.2 Å². The molecule has 9 heteroatoms. The molecular weight excluding hydrogens is 572 g/mol. The maximum absolute atomic E-state index is 13.4. The van der Waals surface area contributed by atoms with Gasteiger partial charge in [0.15, 0.2) is 0 Å². The topological polar surface area (TPSA) is 95.9 Å². The normalized spacial score (nSPS) is 33.3. The number of benzene rings is 2. The van der Waals surface area contributed by atoms with E-state index in [0.29, 0.717) is 44.7 Å². The lowest BCUT2D eigenvalue weighted by Gasteiger charge is -2.52. The second-order valence-corrected chi connectivity index (χ2v) is 15.4. The third-order valence-electron chi connectivity index (χ3n) is 10.5. The van der Waals surface area contributed by atoms with Crippen LogP contribution < -0.4 is 14.4 Å². The van der Waals surface area contributed by atoms with E-state index in [1.54, 1.807) is 18.2 Å². The van der Waals surface area contributed by atoms with Gasteiger partial charge in [0.25, 0.3) is 5.91 Å². The first-order chi connectivity index (χ1) is 20.0. The van der Waals surface area contributed by atoms with E-state index in [9.17, 15) is 18.3 Å². The van der Waals surface area contributed by atoms with Crippen LogP contribution in [0.2, 0.25) is 5.02 Å². The molecule has 6 rings (SSSR count). The van der Waals surface area contributed by atoms with E-state index in [1.165, 1.54) is 11.1 Å². The Labute approximate surface area is 254 Å². The van der Waals surface area contributed by atoms with Crippen molar-refractivity contribution in [2.75, 3.05) is 24.6 Å². The summed E-state index contributed by atoms with van der Waals surface area (Å²) >= 11 is 6.39. The van der Waals surface area contributed by atoms with Crippen molar-refractivity contribution in [3.63, 3.8) is 0 Å². The van der Waals surface area contributed by atoms with E-state index < -0.39 is 27.3 Å². The number of aliphatic hydroxyl groups is 1. The van der Waals surface area contributed by atoms with Crippen molar-refractivity contribution in [3.8, 4) is 5.75 Å². The van der Waals surface area contributed by atoms with E-state index in [1.807, 2.05) is 25.1 Å². The number of hydrogen-bond acceptors (Lipinski definition) is 6. The van der Waals surface area contributed by atoms with Crippen molar-refractivity contribution in [2.24, 2.45) is 11.3 Å². The molecule has 0 unspecified atom stereocenters. The lowest BCUT2D eigenvalue weighted by atomic mass is 9.58. The number of carbonyl (C=O) groups is 1. The van der Waals surface area contributed by atoms with Crippen LogP contribution >= 0.6 is 11.6 Å². The number of carbonyl (C=O) groups excluding carboxylic acids is 1. The zero-order valence-corrected chi connectivity index (χ0v) is 26.0. The number of aliphatic hydroxyl groups excluding tert-OH is 1. The standard InChI is InChI=1S/C33H41ClN2O5S/c1-3-26-8-4-5-9-30(37)32(2)16-14-24(32)19-36-20-33(15-6-7-22-17-25(34)11-12-27(22)33)21-41-29-13-10-23(18-28(29)36)31(38)35-42(26,39)40/h5,9-13,17-18,24,26,30,37H,3-4,6-8,14-16,19-21H2,1-2H3,(H,35,38)/b9-5-/t24-,26-,30+,32+,33+/m1/s1. The van der Waals surface area contributed by atoms with E-state index in [2.05, 4.69) is 28.7 Å². The van der Waals surface area contributed by atoms with Crippen LogP contribution in [0.1, 0.15) is 80.3 Å². The second-order valence-electron chi connectivity index (χ2n) is 13.0. The number of sulfonamides is 1. The number of amides is 1. The molecule has 0 saturated heterocycles. The highest BCUT2D eigenvalue weighted by molar-refractivity contribution is 7.90. The van der Waals surface area contributed by atoms with Gasteiger partial charge in [0.05, 0.1) is 23.6 Å². The SMILES string of the molecule is CC[C@@H]1CC/C=C\[C@H](O)[C@@]2(C)CC[C@@H]2CN2C[C@@]3(CCCc4cc(Cl)ccc43)COc3ccc(cc32)C(=O)NS1(=O)=O. The minimum Gasteiger partial charge on any atom is -0.490 e. The fourth-order valence-electron chi connectivity index (χ4n) is 7.59. The molecule has 5 atom stereocenters. The van der Waals surface area contributed by atoms with Gasteiger partial charge in [-0.1, -0.05) is 43.7 Å². The van der Waals surface area contributed by atoms with Crippen LogP contribution in [0.15, 0.2) is 48.6 Å². The Balaban J connectivity index is 1.44. The molecule has 0 aromatic heterocycles. The van der Waals surface area contributed by atoms with Crippen molar-refractivity contribution in [3.05, 3.63) is 70.3 Å². The average molecular weight is 613 g/mol. The number of anilines is 1. The molecule has 1 amide bonds. The highest BCUT2D eigenvalue weighted by Crippen LogP contribution is 2.52. The summed E-state index contributed by atoms with van der Waals surface area (Å²) in [5.74, 6) is 0.295. The van der Waals surface area contributed by atoms with Crippen molar-refractivity contribution in [2.45, 2.75) is 82.0 Å². The van der Waals surface area contributed by atoms with Crippen molar-refractivity contribution in [1.82, 2.24) is 4.72 Å². The average Bonchev–Trinajstić information content (AvgIpc) is 3.10. The van der Waals surface area contributed by atoms with Gasteiger partial charge in [0, 0.05) is 34.5 Å². The molecular formula is C33H41ClN2O5S. The zero-order valence-electron chi connectivity index (χ0n) is 24.4. The lowest BCUT2D eigenvalue weighted by molar-refractivity contribution is -0.0469. The van der Waals surface area contributed by atoms with Crippen LogP contribution in [0.4, 0.5) is 5.69 Å². The summed E-state index contributed by atoms with van der Waals surface area (Å²) in [6.45, 7) is 5.86. The number of aryl methyl sites for hydroxylation is 1. The number of fused-ring (bicyclic) bond motifs is 4. The summed E-state index contributed by atoms with van der Waals surface area (Å²) < 4.78 is 35.3. The van der Waals surface area contributed by atoms with E-state index >= 15 is 0 Å². The Morgan fingerprint density at radius 1 is 1.17 bits per heavy atom. The summed E-state index contributed by atoms with van der Waals surface area (Å²) in [6.07, 6.45) is 9.28. The highest BCUT2D eigenvalue weighted by Gasteiger charge is 2.49. The highest BCUT2D eigenvalue weighted by atomic mass is 35.5. The minimum absolute atomic E-state index is 0.239. The van der Waals surface area contributed by atoms with Crippen LogP contribution in [0.3, 0.4) is 0 Å². The number of allylic oxidation sites excluding steroid dienone is 1. The maximum Gasteiger partial charge on any atom is 0.264 e. The number of halogens is 1. The number of nitrogens with one attached hydrogen (secondary N) is 1. The molecule has 7 nitrogen and oxygen atoms in total. The fourth-order valence-corrected chi connectivity index (χ4v) is 9.21. The summed E-state index contributed by atoms with van der Waals surface area (Å²) in [5.41, 5.74) is 3.02. The fraction of sp³-hybridized carbons (Fsp3) is 0.545. The van der Waals surface area contributed by atoms with Crippen LogP contribution in [0.25, 0.3) is 0 Å². The summed E-state index contributed by atoms with van der Waals surface area (Å²) in [7, 11) is -3.89.